The van der Waals surface area contributed by atoms with Crippen LogP contribution < -0.4 is 0 Å². The maximum absolute atomic E-state index is 11.2. The first kappa shape index (κ1) is 11.5. The second kappa shape index (κ2) is 5.33. The highest BCUT2D eigenvalue weighted by atomic mass is 16.2. The molecule has 2 heteroatoms. The van der Waals surface area contributed by atoms with Gasteiger partial charge in [-0.2, -0.15) is 0 Å². The van der Waals surface area contributed by atoms with E-state index < -0.39 is 0 Å². The molecule has 78 valence electrons. The van der Waals surface area contributed by atoms with Crippen LogP contribution in [0.15, 0.2) is 18.2 Å². The Morgan fingerprint density at radius 3 is 2.73 bits per heavy atom. The minimum Gasteiger partial charge on any atom is -0.395 e. The lowest BCUT2D eigenvalue weighted by atomic mass is 10.0. The Kier molecular flexibility index (Phi) is 4.08. The molecule has 1 N–H and O–H groups in total. The van der Waals surface area contributed by atoms with Crippen molar-refractivity contribution in [2.45, 2.75) is 20.3 Å². The van der Waals surface area contributed by atoms with Gasteiger partial charge in [-0.05, 0) is 37.6 Å². The van der Waals surface area contributed by atoms with Crippen molar-refractivity contribution in [2.75, 3.05) is 6.61 Å². The zero-order valence-electron chi connectivity index (χ0n) is 9.00. The van der Waals surface area contributed by atoms with Gasteiger partial charge in [-0.1, -0.05) is 11.8 Å². The Morgan fingerprint density at radius 1 is 1.47 bits per heavy atom. The van der Waals surface area contributed by atoms with E-state index in [-0.39, 0.29) is 12.4 Å². The van der Waals surface area contributed by atoms with E-state index in [1.165, 1.54) is 0 Å². The number of rotatable bonds is 2. The van der Waals surface area contributed by atoms with Crippen molar-refractivity contribution in [1.82, 2.24) is 0 Å². The Bertz CT molecular complexity index is 422. The summed E-state index contributed by atoms with van der Waals surface area (Å²) in [6, 6.07) is 5.51. The molecule has 1 aromatic carbocycles. The Hall–Kier alpha value is -1.59. The fraction of sp³-hybridized carbons (Fsp3) is 0.308. The molecule has 0 unspecified atom stereocenters. The van der Waals surface area contributed by atoms with Crippen molar-refractivity contribution >= 4 is 5.78 Å². The molecule has 0 aliphatic carbocycles. The third-order valence-corrected chi connectivity index (χ3v) is 2.08. The van der Waals surface area contributed by atoms with Crippen LogP contribution >= 0.6 is 0 Å². The number of carbonyl (C=O) groups excluding carboxylic acids is 1. The molecule has 0 heterocycles. The van der Waals surface area contributed by atoms with Crippen molar-refractivity contribution in [1.29, 1.82) is 0 Å². The molecule has 0 aromatic heterocycles. The van der Waals surface area contributed by atoms with E-state index in [1.54, 1.807) is 13.0 Å². The zero-order valence-corrected chi connectivity index (χ0v) is 9.00. The van der Waals surface area contributed by atoms with E-state index in [0.717, 1.165) is 16.7 Å². The van der Waals surface area contributed by atoms with Gasteiger partial charge in [0.2, 0.25) is 0 Å². The molecule has 0 saturated carbocycles. The number of Topliss-reactive ketones (excluding diaryl/α,β-unsaturated/α-hetero) is 1. The minimum absolute atomic E-state index is 0.0716. The van der Waals surface area contributed by atoms with Gasteiger partial charge in [0.05, 0.1) is 6.61 Å². The van der Waals surface area contributed by atoms with Crippen LogP contribution in [0.25, 0.3) is 0 Å². The highest BCUT2D eigenvalue weighted by molar-refractivity contribution is 5.95. The van der Waals surface area contributed by atoms with Crippen molar-refractivity contribution in [3.05, 3.63) is 34.9 Å². The summed E-state index contributed by atoms with van der Waals surface area (Å²) < 4.78 is 0. The van der Waals surface area contributed by atoms with Crippen molar-refractivity contribution < 1.29 is 9.90 Å². The number of benzene rings is 1. The summed E-state index contributed by atoms with van der Waals surface area (Å²) in [6.45, 7) is 3.53. The van der Waals surface area contributed by atoms with Crippen molar-refractivity contribution in [2.24, 2.45) is 0 Å². The average molecular weight is 202 g/mol. The third-order valence-electron chi connectivity index (χ3n) is 2.08. The standard InChI is InChI=1S/C13H14O2/c1-10-9-12(5-3-4-8-14)6-7-13(10)11(2)15/h6-7,9,14H,4,8H2,1-2H3. The first-order chi connectivity index (χ1) is 7.15. The van der Waals surface area contributed by atoms with E-state index in [1.807, 2.05) is 19.1 Å². The smallest absolute Gasteiger partial charge is 0.160 e. The van der Waals surface area contributed by atoms with Crippen LogP contribution in [0.5, 0.6) is 0 Å². The summed E-state index contributed by atoms with van der Waals surface area (Å²) in [7, 11) is 0. The van der Waals surface area contributed by atoms with Gasteiger partial charge in [0, 0.05) is 17.5 Å². The van der Waals surface area contributed by atoms with E-state index in [0.29, 0.717) is 6.42 Å². The molecule has 0 fully saturated rings. The summed E-state index contributed by atoms with van der Waals surface area (Å²) >= 11 is 0. The van der Waals surface area contributed by atoms with Crippen LogP contribution in [0.3, 0.4) is 0 Å². The first-order valence-corrected chi connectivity index (χ1v) is 4.86. The summed E-state index contributed by atoms with van der Waals surface area (Å²) in [5.41, 5.74) is 2.56. The van der Waals surface area contributed by atoms with Gasteiger partial charge in [-0.25, -0.2) is 0 Å². The lowest BCUT2D eigenvalue weighted by Crippen LogP contribution is -1.95. The van der Waals surface area contributed by atoms with Gasteiger partial charge >= 0.3 is 0 Å². The van der Waals surface area contributed by atoms with Crippen LogP contribution in [0, 0.1) is 18.8 Å². The van der Waals surface area contributed by atoms with Gasteiger partial charge in [0.15, 0.2) is 5.78 Å². The Labute approximate surface area is 89.9 Å². The number of aryl methyl sites for hydroxylation is 1. The van der Waals surface area contributed by atoms with Crippen LogP contribution in [-0.4, -0.2) is 17.5 Å². The fourth-order valence-electron chi connectivity index (χ4n) is 1.36. The predicted octanol–water partition coefficient (Wildman–Crippen LogP) is 1.93. The third kappa shape index (κ3) is 3.23. The molecule has 0 aliphatic rings. The topological polar surface area (TPSA) is 37.3 Å². The maximum Gasteiger partial charge on any atom is 0.160 e. The molecule has 0 atom stereocenters. The quantitative estimate of drug-likeness (QED) is 0.587. The van der Waals surface area contributed by atoms with E-state index >= 15 is 0 Å². The van der Waals surface area contributed by atoms with Crippen LogP contribution in [-0.2, 0) is 0 Å². The number of ketones is 1. The summed E-state index contributed by atoms with van der Waals surface area (Å²) in [5, 5.41) is 8.57. The molecule has 2 nitrogen and oxygen atoms in total. The molecule has 0 radical (unpaired) electrons. The molecule has 0 bridgehead atoms. The Balaban J connectivity index is 2.93. The Morgan fingerprint density at radius 2 is 2.20 bits per heavy atom. The summed E-state index contributed by atoms with van der Waals surface area (Å²) in [4.78, 5) is 11.2. The maximum atomic E-state index is 11.2. The van der Waals surface area contributed by atoms with Crippen LogP contribution in [0.1, 0.15) is 34.8 Å². The second-order valence-electron chi connectivity index (χ2n) is 3.36. The van der Waals surface area contributed by atoms with E-state index in [9.17, 15) is 4.79 Å². The molecule has 1 aromatic rings. The molecule has 0 saturated heterocycles. The zero-order chi connectivity index (χ0) is 11.3. The van der Waals surface area contributed by atoms with Crippen molar-refractivity contribution in [3.63, 3.8) is 0 Å². The van der Waals surface area contributed by atoms with Gasteiger partial charge in [0.1, 0.15) is 0 Å². The average Bonchev–Trinajstić information content (AvgIpc) is 2.17. The number of aliphatic hydroxyl groups excluding tert-OH is 1. The number of hydrogen-bond acceptors (Lipinski definition) is 2. The largest absolute Gasteiger partial charge is 0.395 e. The van der Waals surface area contributed by atoms with Gasteiger partial charge in [0.25, 0.3) is 0 Å². The minimum atomic E-state index is 0.0716. The molecule has 15 heavy (non-hydrogen) atoms. The summed E-state index contributed by atoms with van der Waals surface area (Å²) in [6.07, 6.45) is 0.480. The van der Waals surface area contributed by atoms with Crippen LogP contribution in [0.4, 0.5) is 0 Å². The van der Waals surface area contributed by atoms with Crippen LogP contribution in [0.2, 0.25) is 0 Å². The SMILES string of the molecule is CC(=O)c1ccc(C#CCCO)cc1C. The predicted molar refractivity (Wildman–Crippen MR) is 59.8 cm³/mol. The summed E-state index contributed by atoms with van der Waals surface area (Å²) in [5.74, 6) is 5.85. The normalized spacial score (nSPS) is 9.27. The molecule has 0 amide bonds. The molecule has 1 rings (SSSR count). The molecular formula is C13H14O2. The van der Waals surface area contributed by atoms with E-state index in [2.05, 4.69) is 11.8 Å². The first-order valence-electron chi connectivity index (χ1n) is 4.86. The van der Waals surface area contributed by atoms with E-state index in [4.69, 9.17) is 5.11 Å². The molecule has 0 aliphatic heterocycles. The van der Waals surface area contributed by atoms with Gasteiger partial charge in [-0.15, -0.1) is 0 Å². The molecular weight excluding hydrogens is 188 g/mol. The number of hydrogen-bond donors (Lipinski definition) is 1. The second-order valence-corrected chi connectivity index (χ2v) is 3.36. The molecule has 0 spiro atoms. The lowest BCUT2D eigenvalue weighted by molar-refractivity contribution is 0.101. The lowest BCUT2D eigenvalue weighted by Gasteiger charge is -2.01. The van der Waals surface area contributed by atoms with Gasteiger partial charge < -0.3 is 5.11 Å². The number of carbonyl (C=O) groups is 1. The highest BCUT2D eigenvalue weighted by Crippen LogP contribution is 2.10. The highest BCUT2D eigenvalue weighted by Gasteiger charge is 2.02. The van der Waals surface area contributed by atoms with Crippen molar-refractivity contribution in [3.8, 4) is 11.8 Å². The number of aliphatic hydroxyl groups is 1. The monoisotopic (exact) mass is 202 g/mol. The fourth-order valence-corrected chi connectivity index (χ4v) is 1.36. The van der Waals surface area contributed by atoms with Gasteiger partial charge in [-0.3, -0.25) is 4.79 Å².